The van der Waals surface area contributed by atoms with E-state index < -0.39 is 88.3 Å². The number of esters is 1. The topological polar surface area (TPSA) is 373 Å². The van der Waals surface area contributed by atoms with Crippen LogP contribution in [0.15, 0.2) is 52.7 Å². The van der Waals surface area contributed by atoms with Gasteiger partial charge in [0.2, 0.25) is 33.1 Å². The first kappa shape index (κ1) is 60.0. The van der Waals surface area contributed by atoms with Crippen molar-refractivity contribution < 1.29 is 86.3 Å². The fourth-order valence-electron chi connectivity index (χ4n) is 10.2. The number of amides is 3. The molecule has 440 valence electrons. The van der Waals surface area contributed by atoms with E-state index in [-0.39, 0.29) is 92.6 Å². The first-order valence-corrected chi connectivity index (χ1v) is 28.5. The number of aryl methyl sites for hydroxylation is 1. The van der Waals surface area contributed by atoms with Crippen molar-refractivity contribution in [2.45, 2.75) is 120 Å². The zero-order valence-corrected chi connectivity index (χ0v) is 46.5. The summed E-state index contributed by atoms with van der Waals surface area (Å²) in [5.41, 5.74) is 2.76. The van der Waals surface area contributed by atoms with Gasteiger partial charge >= 0.3 is 18.0 Å². The summed E-state index contributed by atoms with van der Waals surface area (Å²) in [6.07, 6.45) is -5.16. The number of carbonyl (C=O) groups excluding carboxylic acids is 4. The zero-order valence-electron chi connectivity index (χ0n) is 44.9. The normalized spacial score (nSPS) is 21.3. The number of carboxylic acids is 1. The standard InChI is InChI=1S/C55H58ClN7O19S/c1-4-55(74)33-19-38-44-31(23-63(38)49(69)32(33)25-79-52(55)72)43-35(12-11-30-27(2)34(56)20-37(61-44)42(30)43)62-54(73)80-24-28-10-13-39(81-51-47(68)45(66)46(67)48(82-51)50(70)71)36(18-28)60-41(65)26-78-17-16-77-15-14-57-40(64)9-7-5-6-8-29-21-58-53(59-22-29)83(3,75)76/h10,13,18-22,35,45-48,51,66-68,74H,4-5,7,9,11-12,14-17,23-26H2,1-3H3,(H,57,64)(H,60,65)(H,62,73)(H,70,71)/t35-,45-,46-,47+,48-,51+,55-/m0/s1. The number of alkyl carbamates (subject to hydrolysis) is 1. The molecular weight excluding hydrogens is 1130 g/mol. The molecule has 26 nitrogen and oxygen atoms in total. The average Bonchev–Trinajstić information content (AvgIpc) is 1.87. The van der Waals surface area contributed by atoms with E-state index in [1.165, 1.54) is 35.2 Å². The number of fused-ring (bicyclic) bond motifs is 5. The second-order valence-corrected chi connectivity index (χ2v) is 22.4. The molecule has 0 saturated carbocycles. The van der Waals surface area contributed by atoms with Crippen LogP contribution in [-0.2, 0) is 84.5 Å². The molecule has 0 bridgehead atoms. The molecule has 0 radical (unpaired) electrons. The van der Waals surface area contributed by atoms with Gasteiger partial charge in [0.05, 0.1) is 66.1 Å². The number of carboxylic acid groups (broad SMARTS) is 1. The number of aliphatic carboxylic acids is 1. The number of halogens is 1. The molecule has 4 aliphatic rings. The van der Waals surface area contributed by atoms with Crippen molar-refractivity contribution >= 4 is 67.9 Å². The van der Waals surface area contributed by atoms with Crippen LogP contribution in [0.4, 0.5) is 10.5 Å². The SMILES string of the molecule is CC[C@@]1(O)C(=O)OCc2c1cc1n(c2=O)Cc2c-1nc1cc(Cl)c(C)c3c1c2[C@@H](NC(=O)OCc1ccc(O[C@@H]2O[C@H](C(=O)O)[C@@H](O)[C@H](O)[C@H]2O)c(NC(=O)COCCOCCNC(=O)CCCC#Cc2cnc(S(C)(=O)=O)nc2)c1)CC3. The minimum atomic E-state index is -3.53. The van der Waals surface area contributed by atoms with E-state index >= 15 is 0 Å². The third-order valence-corrected chi connectivity index (χ3v) is 15.8. The van der Waals surface area contributed by atoms with Crippen LogP contribution < -0.4 is 26.2 Å². The Morgan fingerprint density at radius 1 is 0.976 bits per heavy atom. The molecule has 8 N–H and O–H groups in total. The Hall–Kier alpha value is -7.65. The second-order valence-electron chi connectivity index (χ2n) is 20.1. The van der Waals surface area contributed by atoms with Gasteiger partial charge in [0.15, 0.2) is 11.7 Å². The van der Waals surface area contributed by atoms with Crippen LogP contribution in [-0.4, -0.2) is 153 Å². The maximum Gasteiger partial charge on any atom is 0.407 e. The Morgan fingerprint density at radius 3 is 2.47 bits per heavy atom. The Kier molecular flexibility index (Phi) is 18.1. The third-order valence-electron chi connectivity index (χ3n) is 14.5. The van der Waals surface area contributed by atoms with Crippen LogP contribution in [0.3, 0.4) is 0 Å². The molecule has 3 amide bonds. The van der Waals surface area contributed by atoms with Crippen molar-refractivity contribution in [3.63, 3.8) is 0 Å². The van der Waals surface area contributed by atoms with Gasteiger partial charge in [-0.2, -0.15) is 0 Å². The van der Waals surface area contributed by atoms with E-state index in [1.54, 1.807) is 19.1 Å². The van der Waals surface area contributed by atoms with Crippen LogP contribution >= 0.6 is 11.6 Å². The molecule has 3 aromatic heterocycles. The maximum atomic E-state index is 14.1. The number of carbonyl (C=O) groups is 5. The summed E-state index contributed by atoms with van der Waals surface area (Å²) in [7, 11) is -3.53. The largest absolute Gasteiger partial charge is 0.479 e. The van der Waals surface area contributed by atoms with E-state index in [9.17, 15) is 62.7 Å². The van der Waals surface area contributed by atoms with Crippen LogP contribution in [0.1, 0.15) is 89.6 Å². The fourth-order valence-corrected chi connectivity index (χ4v) is 10.9. The first-order chi connectivity index (χ1) is 39.6. The number of ether oxygens (including phenoxy) is 6. The van der Waals surface area contributed by atoms with Crippen molar-refractivity contribution in [1.82, 2.24) is 30.2 Å². The molecule has 3 aliphatic heterocycles. The number of nitrogens with one attached hydrogen (secondary N) is 3. The maximum absolute atomic E-state index is 14.1. The molecule has 7 atom stereocenters. The van der Waals surface area contributed by atoms with Crippen molar-refractivity contribution in [3.8, 4) is 29.0 Å². The Labute approximate surface area is 478 Å². The number of pyridine rings is 2. The highest BCUT2D eigenvalue weighted by Gasteiger charge is 2.49. The lowest BCUT2D eigenvalue weighted by atomic mass is 9.82. The second kappa shape index (κ2) is 25.1. The van der Waals surface area contributed by atoms with Gasteiger partial charge < -0.3 is 74.5 Å². The van der Waals surface area contributed by atoms with E-state index in [0.29, 0.717) is 69.9 Å². The van der Waals surface area contributed by atoms with Gasteiger partial charge in [-0.3, -0.25) is 14.4 Å². The molecule has 28 heteroatoms. The number of hydrogen-bond acceptors (Lipinski definition) is 21. The summed E-state index contributed by atoms with van der Waals surface area (Å²) in [5.74, 6) is 2.05. The van der Waals surface area contributed by atoms with Crippen molar-refractivity contribution in [1.29, 1.82) is 0 Å². The lowest BCUT2D eigenvalue weighted by molar-refractivity contribution is -0.271. The lowest BCUT2D eigenvalue weighted by Crippen LogP contribution is -2.61. The van der Waals surface area contributed by atoms with Gasteiger partial charge in [-0.25, -0.2) is 37.8 Å². The Morgan fingerprint density at radius 2 is 1.73 bits per heavy atom. The van der Waals surface area contributed by atoms with E-state index in [2.05, 4.69) is 37.8 Å². The van der Waals surface area contributed by atoms with Crippen LogP contribution in [0.2, 0.25) is 5.02 Å². The monoisotopic (exact) mass is 1190 g/mol. The van der Waals surface area contributed by atoms with Gasteiger partial charge in [0.1, 0.15) is 43.9 Å². The van der Waals surface area contributed by atoms with Crippen molar-refractivity contribution in [2.24, 2.45) is 0 Å². The van der Waals surface area contributed by atoms with E-state index in [0.717, 1.165) is 22.8 Å². The van der Waals surface area contributed by atoms with Gasteiger partial charge in [-0.1, -0.05) is 36.4 Å². The molecular formula is C55H58ClN7O19S. The fraction of sp³-hybridized carbons (Fsp3) is 0.436. The number of sulfone groups is 1. The molecule has 9 rings (SSSR count). The number of nitrogens with zero attached hydrogens (tertiary/aromatic N) is 4. The number of aliphatic hydroxyl groups is 4. The molecule has 5 aromatic rings. The number of benzene rings is 2. The molecule has 0 unspecified atom stereocenters. The number of unbranched alkanes of at least 4 members (excludes halogenated alkanes) is 1. The van der Waals surface area contributed by atoms with Crippen LogP contribution in [0.25, 0.3) is 22.3 Å². The van der Waals surface area contributed by atoms with Crippen LogP contribution in [0, 0.1) is 18.8 Å². The highest BCUT2D eigenvalue weighted by atomic mass is 35.5. The number of cyclic esters (lactones) is 1. The summed E-state index contributed by atoms with van der Waals surface area (Å²) in [6.45, 7) is 2.65. The quantitative estimate of drug-likeness (QED) is 0.0233. The number of hydrogen-bond donors (Lipinski definition) is 8. The number of rotatable bonds is 20. The van der Waals surface area contributed by atoms with Gasteiger partial charge in [-0.15, -0.1) is 0 Å². The predicted octanol–water partition coefficient (Wildman–Crippen LogP) is 1.73. The van der Waals surface area contributed by atoms with Crippen LogP contribution in [0.5, 0.6) is 5.75 Å². The van der Waals surface area contributed by atoms with E-state index in [1.807, 2.05) is 6.92 Å². The molecule has 0 spiro atoms. The van der Waals surface area contributed by atoms with Gasteiger partial charge in [-0.05, 0) is 79.1 Å². The highest BCUT2D eigenvalue weighted by Crippen LogP contribution is 2.47. The summed E-state index contributed by atoms with van der Waals surface area (Å²) in [6, 6.07) is 6.76. The minimum absolute atomic E-state index is 0.0428. The number of aliphatic hydroxyl groups excluding tert-OH is 3. The lowest BCUT2D eigenvalue weighted by Gasteiger charge is -2.38. The van der Waals surface area contributed by atoms with Gasteiger partial charge in [0, 0.05) is 59.6 Å². The minimum Gasteiger partial charge on any atom is -0.479 e. The molecule has 83 heavy (non-hydrogen) atoms. The number of aromatic nitrogens is 4. The molecule has 1 fully saturated rings. The van der Waals surface area contributed by atoms with Crippen molar-refractivity contribution in [3.05, 3.63) is 103 Å². The summed E-state index contributed by atoms with van der Waals surface area (Å²) in [5, 5.41) is 61.7. The predicted molar refractivity (Wildman–Crippen MR) is 289 cm³/mol. The summed E-state index contributed by atoms with van der Waals surface area (Å²) < 4.78 is 57.6. The number of anilines is 1. The van der Waals surface area contributed by atoms with Crippen molar-refractivity contribution in [2.75, 3.05) is 44.5 Å². The molecule has 1 saturated heterocycles. The third kappa shape index (κ3) is 12.8. The molecule has 6 heterocycles. The zero-order chi connectivity index (χ0) is 59.5. The van der Waals surface area contributed by atoms with Gasteiger partial charge in [0.25, 0.3) is 5.56 Å². The molecule has 2 aromatic carbocycles. The highest BCUT2D eigenvalue weighted by molar-refractivity contribution is 7.90. The molecule has 1 aliphatic carbocycles. The average molecular weight is 1190 g/mol. The first-order valence-electron chi connectivity index (χ1n) is 26.3. The Bertz CT molecular complexity index is 3650. The smallest absolute Gasteiger partial charge is 0.407 e. The van der Waals surface area contributed by atoms with E-state index in [4.69, 9.17) is 45.0 Å². The summed E-state index contributed by atoms with van der Waals surface area (Å²) in [4.78, 5) is 90.8. The Balaban J connectivity index is 0.825. The summed E-state index contributed by atoms with van der Waals surface area (Å²) >= 11 is 6.74.